The predicted octanol–water partition coefficient (Wildman–Crippen LogP) is 1.83. The highest BCUT2D eigenvalue weighted by atomic mass is 16.7. The van der Waals surface area contributed by atoms with Gasteiger partial charge >= 0.3 is 0 Å². The second kappa shape index (κ2) is 5.65. The van der Waals surface area contributed by atoms with Gasteiger partial charge in [0.25, 0.3) is 5.91 Å². The maximum Gasteiger partial charge on any atom is 0.259 e. The molecule has 0 aliphatic carbocycles. The van der Waals surface area contributed by atoms with Crippen LogP contribution in [0.2, 0.25) is 0 Å². The highest BCUT2D eigenvalue weighted by Gasteiger charge is 2.56. The molecular formula is C18H16N2O4. The zero-order valence-electron chi connectivity index (χ0n) is 13.0. The summed E-state index contributed by atoms with van der Waals surface area (Å²) in [7, 11) is 1.60. The van der Waals surface area contributed by atoms with E-state index >= 15 is 0 Å². The summed E-state index contributed by atoms with van der Waals surface area (Å²) in [5.74, 6) is -0.537. The van der Waals surface area contributed by atoms with Gasteiger partial charge in [0.1, 0.15) is 11.7 Å². The number of benzene rings is 2. The lowest BCUT2D eigenvalue weighted by atomic mass is 9.90. The van der Waals surface area contributed by atoms with Crippen molar-refractivity contribution in [2.75, 3.05) is 12.2 Å². The SMILES string of the molecule is COc1ccc([C@H]2[C@H]3C(=O)NC(=O)[C@H]3ON2c2ccccc2)cc1. The minimum absolute atomic E-state index is 0.302. The normalized spacial score (nSPS) is 25.5. The van der Waals surface area contributed by atoms with Gasteiger partial charge in [0.15, 0.2) is 6.10 Å². The van der Waals surface area contributed by atoms with E-state index in [2.05, 4.69) is 5.32 Å². The summed E-state index contributed by atoms with van der Waals surface area (Å²) < 4.78 is 5.19. The molecule has 2 aromatic rings. The molecule has 6 heteroatoms. The van der Waals surface area contributed by atoms with Crippen LogP contribution in [0, 0.1) is 5.92 Å². The van der Waals surface area contributed by atoms with Gasteiger partial charge in [-0.25, -0.2) is 5.06 Å². The third-order valence-corrected chi connectivity index (χ3v) is 4.42. The van der Waals surface area contributed by atoms with Crippen LogP contribution in [-0.2, 0) is 14.4 Å². The van der Waals surface area contributed by atoms with Crippen LogP contribution in [0.1, 0.15) is 11.6 Å². The van der Waals surface area contributed by atoms with E-state index in [1.54, 1.807) is 12.2 Å². The number of hydroxylamine groups is 1. The first-order valence-electron chi connectivity index (χ1n) is 7.69. The Balaban J connectivity index is 1.78. The van der Waals surface area contributed by atoms with E-state index in [1.807, 2.05) is 54.6 Å². The van der Waals surface area contributed by atoms with Crippen molar-refractivity contribution in [3.8, 4) is 5.75 Å². The number of ether oxygens (including phenoxy) is 1. The van der Waals surface area contributed by atoms with Crippen molar-refractivity contribution in [3.05, 3.63) is 60.2 Å². The Labute approximate surface area is 138 Å². The first-order valence-corrected chi connectivity index (χ1v) is 7.69. The van der Waals surface area contributed by atoms with Gasteiger partial charge in [0.05, 0.1) is 18.8 Å². The fourth-order valence-electron chi connectivity index (χ4n) is 3.27. The van der Waals surface area contributed by atoms with Crippen molar-refractivity contribution in [3.63, 3.8) is 0 Å². The van der Waals surface area contributed by atoms with Gasteiger partial charge in [-0.1, -0.05) is 30.3 Å². The summed E-state index contributed by atoms with van der Waals surface area (Å²) in [6, 6.07) is 16.5. The van der Waals surface area contributed by atoms with E-state index in [4.69, 9.17) is 9.57 Å². The lowest BCUT2D eigenvalue weighted by Crippen LogP contribution is -2.33. The Bertz CT molecular complexity index is 775. The van der Waals surface area contributed by atoms with Crippen LogP contribution in [0.4, 0.5) is 5.69 Å². The van der Waals surface area contributed by atoms with E-state index in [0.29, 0.717) is 0 Å². The third-order valence-electron chi connectivity index (χ3n) is 4.42. The predicted molar refractivity (Wildman–Crippen MR) is 86.2 cm³/mol. The summed E-state index contributed by atoms with van der Waals surface area (Å²) in [5.41, 5.74) is 1.69. The first-order chi connectivity index (χ1) is 11.7. The van der Waals surface area contributed by atoms with Gasteiger partial charge in [0, 0.05) is 0 Å². The number of methoxy groups -OCH3 is 1. The molecule has 0 spiro atoms. The molecule has 24 heavy (non-hydrogen) atoms. The fourth-order valence-corrected chi connectivity index (χ4v) is 3.27. The van der Waals surface area contributed by atoms with Gasteiger partial charge < -0.3 is 4.74 Å². The highest BCUT2D eigenvalue weighted by molar-refractivity contribution is 6.07. The summed E-state index contributed by atoms with van der Waals surface area (Å²) in [6.07, 6.45) is -0.801. The largest absolute Gasteiger partial charge is 0.497 e. The van der Waals surface area contributed by atoms with Crippen molar-refractivity contribution in [1.82, 2.24) is 5.32 Å². The zero-order valence-corrected chi connectivity index (χ0v) is 13.0. The maximum atomic E-state index is 12.3. The molecule has 3 atom stereocenters. The number of hydrogen-bond donors (Lipinski definition) is 1. The van der Waals surface area contributed by atoms with E-state index < -0.39 is 12.0 Å². The number of anilines is 1. The lowest BCUT2D eigenvalue weighted by molar-refractivity contribution is -0.129. The number of fused-ring (bicyclic) bond motifs is 1. The Morgan fingerprint density at radius 3 is 2.38 bits per heavy atom. The summed E-state index contributed by atoms with van der Waals surface area (Å²) in [5, 5.41) is 4.02. The minimum atomic E-state index is -0.801. The van der Waals surface area contributed by atoms with Crippen LogP contribution in [-0.4, -0.2) is 25.0 Å². The summed E-state index contributed by atoms with van der Waals surface area (Å²) in [6.45, 7) is 0. The second-order valence-corrected chi connectivity index (χ2v) is 5.78. The van der Waals surface area contributed by atoms with Crippen molar-refractivity contribution in [2.24, 2.45) is 5.92 Å². The smallest absolute Gasteiger partial charge is 0.259 e. The van der Waals surface area contributed by atoms with Crippen molar-refractivity contribution >= 4 is 17.5 Å². The van der Waals surface area contributed by atoms with Gasteiger partial charge in [0.2, 0.25) is 5.91 Å². The molecule has 0 bridgehead atoms. The Kier molecular flexibility index (Phi) is 3.46. The number of imide groups is 1. The standard InChI is InChI=1S/C18H16N2O4/c1-23-13-9-7-11(8-10-13)15-14-16(18(22)19-17(14)21)24-20(15)12-5-3-2-4-6-12/h2-10,14-16H,1H3,(H,19,21,22)/t14-,15+,16+/m1/s1. The molecular weight excluding hydrogens is 308 g/mol. The molecule has 2 aliphatic heterocycles. The Morgan fingerprint density at radius 1 is 1.00 bits per heavy atom. The number of nitrogens with zero attached hydrogens (tertiary/aromatic N) is 1. The molecule has 0 aromatic heterocycles. The lowest BCUT2D eigenvalue weighted by Gasteiger charge is -2.27. The molecule has 1 N–H and O–H groups in total. The highest BCUT2D eigenvalue weighted by Crippen LogP contribution is 2.44. The molecule has 0 unspecified atom stereocenters. The van der Waals surface area contributed by atoms with Gasteiger partial charge in [-0.3, -0.25) is 19.7 Å². The number of hydrogen-bond acceptors (Lipinski definition) is 5. The molecule has 2 heterocycles. The topological polar surface area (TPSA) is 67.9 Å². The van der Waals surface area contributed by atoms with E-state index in [0.717, 1.165) is 17.0 Å². The molecule has 2 aliphatic rings. The van der Waals surface area contributed by atoms with Gasteiger partial charge in [-0.15, -0.1) is 0 Å². The summed E-state index contributed by atoms with van der Waals surface area (Å²) >= 11 is 0. The van der Waals surface area contributed by atoms with Gasteiger partial charge in [-0.2, -0.15) is 0 Å². The molecule has 2 fully saturated rings. The first kappa shape index (κ1) is 14.7. The zero-order chi connectivity index (χ0) is 16.7. The van der Waals surface area contributed by atoms with Crippen LogP contribution >= 0.6 is 0 Å². The average Bonchev–Trinajstić information content (AvgIpc) is 3.14. The van der Waals surface area contributed by atoms with E-state index in [1.165, 1.54) is 0 Å². The number of rotatable bonds is 3. The number of carbonyl (C=O) groups excluding carboxylic acids is 2. The number of carbonyl (C=O) groups is 2. The van der Waals surface area contributed by atoms with Crippen LogP contribution in [0.15, 0.2) is 54.6 Å². The maximum absolute atomic E-state index is 12.3. The van der Waals surface area contributed by atoms with Crippen molar-refractivity contribution in [2.45, 2.75) is 12.1 Å². The fraction of sp³-hybridized carbons (Fsp3) is 0.222. The number of nitrogens with one attached hydrogen (secondary N) is 1. The Morgan fingerprint density at radius 2 is 1.71 bits per heavy atom. The average molecular weight is 324 g/mol. The molecule has 2 aromatic carbocycles. The van der Waals surface area contributed by atoms with Crippen molar-refractivity contribution in [1.29, 1.82) is 0 Å². The summed E-state index contributed by atoms with van der Waals surface area (Å²) in [4.78, 5) is 30.2. The van der Waals surface area contributed by atoms with Crippen LogP contribution < -0.4 is 15.1 Å². The molecule has 122 valence electrons. The molecule has 4 rings (SSSR count). The Hall–Kier alpha value is -2.86. The molecule has 2 saturated heterocycles. The number of para-hydroxylation sites is 1. The number of amides is 2. The second-order valence-electron chi connectivity index (χ2n) is 5.78. The van der Waals surface area contributed by atoms with Crippen LogP contribution in [0.3, 0.4) is 0 Å². The van der Waals surface area contributed by atoms with Gasteiger partial charge in [-0.05, 0) is 29.8 Å². The molecule has 6 nitrogen and oxygen atoms in total. The van der Waals surface area contributed by atoms with E-state index in [9.17, 15) is 9.59 Å². The van der Waals surface area contributed by atoms with Crippen LogP contribution in [0.25, 0.3) is 0 Å². The molecule has 0 radical (unpaired) electrons. The third kappa shape index (κ3) is 2.23. The molecule has 2 amide bonds. The van der Waals surface area contributed by atoms with E-state index in [-0.39, 0.29) is 17.9 Å². The minimum Gasteiger partial charge on any atom is -0.497 e. The van der Waals surface area contributed by atoms with Crippen molar-refractivity contribution < 1.29 is 19.2 Å². The van der Waals surface area contributed by atoms with Crippen LogP contribution in [0.5, 0.6) is 5.75 Å². The quantitative estimate of drug-likeness (QED) is 0.873. The monoisotopic (exact) mass is 324 g/mol. The molecule has 0 saturated carbocycles.